The van der Waals surface area contributed by atoms with Crippen molar-refractivity contribution < 1.29 is 68.1 Å². The standard InChI is InChI=1S/C58H70ClFN8O13S2/c1-7-66-48-21-19-43(82(70,71)72)34-46(48)58(5,52(66)14-11-9-10-13-51-57(3,4)45-20-18-44(83(73,74)75)35-49(45)67(51)8-2)24-12-15-54(69)61-25-26-77-27-28-78-29-30-79-31-32-80-39-53-63-64-56(68(53)41-17-23-55(76-6)62-36-41)65-37-42(38-65)81-50-22-16-40(60)33-47(50)59/h9-11,13-14,16-23,33-36,42H,7-8,12,15,24-32,37-39H2,1-6H3,(H2-,61,69,70,71,72,73,74,75). The van der Waals surface area contributed by atoms with E-state index < -0.39 is 36.9 Å². The Hall–Kier alpha value is -6.61. The Kier molecular flexibility index (Phi) is 20.6. The lowest BCUT2D eigenvalue weighted by Crippen LogP contribution is -2.55. The molecule has 1 amide bonds. The van der Waals surface area contributed by atoms with Crippen LogP contribution in [0.1, 0.15) is 70.8 Å². The van der Waals surface area contributed by atoms with Gasteiger partial charge in [0.2, 0.25) is 23.4 Å². The number of carbonyl (C=O) groups excluding carboxylic acids is 1. The quantitative estimate of drug-likeness (QED) is 0.0194. The van der Waals surface area contributed by atoms with Gasteiger partial charge in [-0.05, 0) is 108 Å². The van der Waals surface area contributed by atoms with E-state index in [1.165, 1.54) is 42.5 Å². The third kappa shape index (κ3) is 14.8. The van der Waals surface area contributed by atoms with Gasteiger partial charge in [0.05, 0.1) is 98.6 Å². The Balaban J connectivity index is 0.745. The molecule has 0 saturated carbocycles. The predicted octanol–water partition coefficient (Wildman–Crippen LogP) is 7.63. The van der Waals surface area contributed by atoms with E-state index in [0.717, 1.165) is 28.2 Å². The second kappa shape index (κ2) is 27.4. The summed E-state index contributed by atoms with van der Waals surface area (Å²) in [6.45, 7) is 14.8. The number of carbonyl (C=O) groups is 1. The monoisotopic (exact) mass is 1200 g/mol. The van der Waals surface area contributed by atoms with Crippen LogP contribution >= 0.6 is 11.6 Å². The number of hydrogen-bond donors (Lipinski definition) is 2. The summed E-state index contributed by atoms with van der Waals surface area (Å²) >= 11 is 6.17. The molecule has 25 heteroatoms. The number of allylic oxidation sites excluding steroid dienone is 6. The van der Waals surface area contributed by atoms with E-state index >= 15 is 0 Å². The number of halogens is 2. The van der Waals surface area contributed by atoms with Gasteiger partial charge in [0.25, 0.3) is 10.1 Å². The number of nitrogens with zero attached hydrogens (tertiary/aromatic N) is 7. The number of aromatic nitrogens is 4. The van der Waals surface area contributed by atoms with Gasteiger partial charge in [-0.2, -0.15) is 13.0 Å². The zero-order valence-corrected chi connectivity index (χ0v) is 49.6. The Morgan fingerprint density at radius 2 is 1.59 bits per heavy atom. The number of anilines is 2. The van der Waals surface area contributed by atoms with Gasteiger partial charge < -0.3 is 48.1 Å². The molecule has 1 unspecified atom stereocenters. The smallest absolute Gasteiger partial charge is 0.294 e. The third-order valence-electron chi connectivity index (χ3n) is 14.7. The van der Waals surface area contributed by atoms with E-state index in [4.69, 9.17) is 40.0 Å². The lowest BCUT2D eigenvalue weighted by atomic mass is 9.77. The van der Waals surface area contributed by atoms with E-state index in [2.05, 4.69) is 25.4 Å². The highest BCUT2D eigenvalue weighted by molar-refractivity contribution is 7.86. The van der Waals surface area contributed by atoms with Gasteiger partial charge in [-0.1, -0.05) is 35.9 Å². The number of methoxy groups -OCH3 is 1. The molecule has 3 aliphatic rings. The van der Waals surface area contributed by atoms with Crippen LogP contribution in [0.25, 0.3) is 5.69 Å². The predicted molar refractivity (Wildman–Crippen MR) is 309 cm³/mol. The van der Waals surface area contributed by atoms with E-state index in [1.807, 2.05) is 85.1 Å². The van der Waals surface area contributed by atoms with Crippen molar-refractivity contribution in [2.75, 3.05) is 95.9 Å². The molecule has 5 heterocycles. The zero-order chi connectivity index (χ0) is 59.5. The maximum Gasteiger partial charge on any atom is 0.294 e. The fraction of sp³-hybridized carbons (Fsp3) is 0.431. The van der Waals surface area contributed by atoms with Crippen LogP contribution in [0, 0.1) is 5.82 Å². The average Bonchev–Trinajstić information content (AvgIpc) is 1.97. The molecule has 1 saturated heterocycles. The van der Waals surface area contributed by atoms with Crippen molar-refractivity contribution in [2.45, 2.75) is 87.2 Å². The number of hydrogen-bond acceptors (Lipinski definition) is 17. The number of amides is 1. The molecule has 3 aromatic carbocycles. The summed E-state index contributed by atoms with van der Waals surface area (Å²) in [7, 11) is -7.60. The minimum atomic E-state index is -4.64. The lowest BCUT2D eigenvalue weighted by Gasteiger charge is -2.39. The third-order valence-corrected chi connectivity index (χ3v) is 16.7. The van der Waals surface area contributed by atoms with Gasteiger partial charge in [-0.3, -0.25) is 13.9 Å². The van der Waals surface area contributed by atoms with Crippen LogP contribution in [-0.2, 0) is 61.4 Å². The summed E-state index contributed by atoms with van der Waals surface area (Å²) in [6, 6.07) is 16.7. The fourth-order valence-corrected chi connectivity index (χ4v) is 11.7. The molecule has 83 heavy (non-hydrogen) atoms. The molecule has 0 radical (unpaired) electrons. The summed E-state index contributed by atoms with van der Waals surface area (Å²) in [4.78, 5) is 21.0. The van der Waals surface area contributed by atoms with Crippen LogP contribution in [0.2, 0.25) is 5.02 Å². The Morgan fingerprint density at radius 1 is 0.880 bits per heavy atom. The highest BCUT2D eigenvalue weighted by Crippen LogP contribution is 2.51. The first-order chi connectivity index (χ1) is 39.7. The van der Waals surface area contributed by atoms with Crippen molar-refractivity contribution in [1.82, 2.24) is 25.1 Å². The molecule has 0 aliphatic carbocycles. The van der Waals surface area contributed by atoms with Gasteiger partial charge in [-0.25, -0.2) is 17.8 Å². The highest BCUT2D eigenvalue weighted by Gasteiger charge is 2.45. The van der Waals surface area contributed by atoms with E-state index in [-0.39, 0.29) is 53.1 Å². The van der Waals surface area contributed by atoms with Crippen LogP contribution in [0.4, 0.5) is 21.7 Å². The number of benzene rings is 3. The molecule has 2 aromatic heterocycles. The number of pyridine rings is 1. The van der Waals surface area contributed by atoms with Crippen molar-refractivity contribution in [1.29, 1.82) is 0 Å². The first-order valence-corrected chi connectivity index (χ1v) is 30.5. The minimum Gasteiger partial charge on any atom is -0.744 e. The maximum atomic E-state index is 13.5. The number of rotatable bonds is 30. The highest BCUT2D eigenvalue weighted by atomic mass is 35.5. The molecular formula is C58H70ClFN8O13S2. The van der Waals surface area contributed by atoms with Gasteiger partial charge in [0, 0.05) is 60.1 Å². The van der Waals surface area contributed by atoms with E-state index in [9.17, 15) is 35.1 Å². The van der Waals surface area contributed by atoms with Gasteiger partial charge in [0.1, 0.15) is 40.9 Å². The first kappa shape index (κ1) is 62.4. The van der Waals surface area contributed by atoms with E-state index in [1.54, 1.807) is 31.5 Å². The Labute approximate surface area is 488 Å². The number of nitrogens with one attached hydrogen (secondary N) is 1. The fourth-order valence-electron chi connectivity index (χ4n) is 10.5. The normalized spacial score (nSPS) is 17.5. The van der Waals surface area contributed by atoms with Crippen molar-refractivity contribution in [3.05, 3.63) is 137 Å². The summed E-state index contributed by atoms with van der Waals surface area (Å²) in [5.74, 6) is 1.39. The topological polar surface area (TPSA) is 249 Å². The lowest BCUT2D eigenvalue weighted by molar-refractivity contribution is -0.433. The number of likely N-dealkylation sites (N-methyl/N-ethyl adjacent to an activating group) is 1. The molecule has 1 atom stereocenters. The molecule has 8 rings (SSSR count). The van der Waals surface area contributed by atoms with Crippen LogP contribution in [0.3, 0.4) is 0 Å². The van der Waals surface area contributed by atoms with Gasteiger partial charge in [0.15, 0.2) is 11.5 Å². The maximum absolute atomic E-state index is 13.5. The minimum absolute atomic E-state index is 0.146. The zero-order valence-electron chi connectivity index (χ0n) is 47.3. The van der Waals surface area contributed by atoms with Crippen LogP contribution in [0.5, 0.6) is 11.6 Å². The second-order valence-corrected chi connectivity index (χ2v) is 23.7. The summed E-state index contributed by atoms with van der Waals surface area (Å²) < 4.78 is 122. The SMILES string of the molecule is CCN1\C(=C/C=C/C=C/C2=[N+](CC)c3cc(S(=O)(=O)[O-])ccc3C2(C)C)C(C)(CCCC(=O)NCCOCCOCCOCCOCc2nnc(N3CC(Oc4ccc(F)cc4Cl)C3)n2-c2ccc(OC)nc2)c2cc(S(=O)(=O)O)ccc21. The molecule has 21 nitrogen and oxygen atoms in total. The first-order valence-electron chi connectivity index (χ1n) is 27.3. The molecule has 2 N–H and O–H groups in total. The molecule has 446 valence electrons. The van der Waals surface area contributed by atoms with Crippen molar-refractivity contribution in [2.24, 2.45) is 0 Å². The average molecular weight is 1210 g/mol. The van der Waals surface area contributed by atoms with Gasteiger partial charge in [-0.15, -0.1) is 10.2 Å². The van der Waals surface area contributed by atoms with E-state index in [0.29, 0.717) is 113 Å². The van der Waals surface area contributed by atoms with Crippen LogP contribution < -0.4 is 24.6 Å². The number of ether oxygens (including phenoxy) is 6. The second-order valence-electron chi connectivity index (χ2n) is 20.5. The van der Waals surface area contributed by atoms with Crippen LogP contribution in [0.15, 0.2) is 119 Å². The largest absolute Gasteiger partial charge is 0.744 e. The number of fused-ring (bicyclic) bond motifs is 2. The molecule has 0 bridgehead atoms. The molecule has 5 aromatic rings. The van der Waals surface area contributed by atoms with Crippen molar-refractivity contribution in [3.8, 4) is 17.3 Å². The van der Waals surface area contributed by atoms with Gasteiger partial charge >= 0.3 is 0 Å². The molecule has 3 aliphatic heterocycles. The molecule has 0 spiro atoms. The summed E-state index contributed by atoms with van der Waals surface area (Å²) in [6.07, 6.45) is 12.3. The summed E-state index contributed by atoms with van der Waals surface area (Å²) in [5, 5.41) is 12.0. The summed E-state index contributed by atoms with van der Waals surface area (Å²) in [5.41, 5.74) is 4.41. The molecule has 1 fully saturated rings. The van der Waals surface area contributed by atoms with Crippen molar-refractivity contribution >= 4 is 60.8 Å². The van der Waals surface area contributed by atoms with Crippen LogP contribution in [-0.4, -0.2) is 154 Å². The Bertz CT molecular complexity index is 3480. The Morgan fingerprint density at radius 3 is 2.24 bits per heavy atom. The molecular weight excluding hydrogens is 1140 g/mol. The van der Waals surface area contributed by atoms with Crippen molar-refractivity contribution in [3.63, 3.8) is 0 Å².